The topological polar surface area (TPSA) is 26.0 Å². The van der Waals surface area contributed by atoms with Gasteiger partial charge in [-0.05, 0) is 24.7 Å². The number of hydrogen-bond acceptors (Lipinski definition) is 1. The highest BCUT2D eigenvalue weighted by atomic mass is 14.7. The Morgan fingerprint density at radius 1 is 0.842 bits per heavy atom. The van der Waals surface area contributed by atoms with Crippen LogP contribution in [0, 0.1) is 5.41 Å². The summed E-state index contributed by atoms with van der Waals surface area (Å²) in [5.41, 5.74) is 6.92. The monoisotopic (exact) mass is 267 g/mol. The van der Waals surface area contributed by atoms with Crippen molar-refractivity contribution >= 4 is 0 Å². The number of rotatable bonds is 10. The van der Waals surface area contributed by atoms with Crippen LogP contribution < -0.4 is 5.73 Å². The molecule has 0 amide bonds. The Kier molecular flexibility index (Phi) is 8.77. The first-order chi connectivity index (χ1) is 9.19. The molecule has 2 N–H and O–H groups in total. The third kappa shape index (κ3) is 6.79. The second-order valence-corrected chi connectivity index (χ2v) is 7.08. The van der Waals surface area contributed by atoms with E-state index in [1.54, 1.807) is 0 Å². The lowest BCUT2D eigenvalue weighted by atomic mass is 9.69. The Bertz CT molecular complexity index is 206. The molecule has 114 valence electrons. The van der Waals surface area contributed by atoms with E-state index in [2.05, 4.69) is 13.8 Å². The maximum absolute atomic E-state index is 6.46. The van der Waals surface area contributed by atoms with E-state index in [0.717, 1.165) is 0 Å². The zero-order valence-electron chi connectivity index (χ0n) is 13.6. The minimum absolute atomic E-state index is 0.452. The highest BCUT2D eigenvalue weighted by Crippen LogP contribution is 2.39. The van der Waals surface area contributed by atoms with Gasteiger partial charge in [0.2, 0.25) is 0 Å². The quantitative estimate of drug-likeness (QED) is 0.496. The van der Waals surface area contributed by atoms with Crippen LogP contribution in [-0.4, -0.2) is 6.04 Å². The largest absolute Gasteiger partial charge is 0.327 e. The van der Waals surface area contributed by atoms with E-state index in [4.69, 9.17) is 5.73 Å². The lowest BCUT2D eigenvalue weighted by Crippen LogP contribution is -2.40. The maximum atomic E-state index is 6.46. The van der Waals surface area contributed by atoms with Crippen LogP contribution >= 0.6 is 0 Å². The van der Waals surface area contributed by atoms with Crippen LogP contribution in [0.3, 0.4) is 0 Å². The summed E-state index contributed by atoms with van der Waals surface area (Å²) in [5, 5.41) is 0. The van der Waals surface area contributed by atoms with Gasteiger partial charge in [-0.1, -0.05) is 84.5 Å². The van der Waals surface area contributed by atoms with Gasteiger partial charge in [-0.25, -0.2) is 0 Å². The first-order valence-electron chi connectivity index (χ1n) is 8.94. The Labute approximate surface area is 121 Å². The van der Waals surface area contributed by atoms with Gasteiger partial charge in [0.05, 0.1) is 0 Å². The summed E-state index contributed by atoms with van der Waals surface area (Å²) in [5.74, 6) is 0. The fourth-order valence-electron chi connectivity index (χ4n) is 3.58. The van der Waals surface area contributed by atoms with Crippen molar-refractivity contribution in [3.63, 3.8) is 0 Å². The van der Waals surface area contributed by atoms with Crippen LogP contribution in [0.2, 0.25) is 0 Å². The van der Waals surface area contributed by atoms with Gasteiger partial charge in [0.1, 0.15) is 0 Å². The molecular formula is C18H37N. The van der Waals surface area contributed by atoms with Crippen molar-refractivity contribution in [2.75, 3.05) is 0 Å². The second-order valence-electron chi connectivity index (χ2n) is 7.08. The molecule has 1 aliphatic carbocycles. The van der Waals surface area contributed by atoms with Gasteiger partial charge in [0, 0.05) is 6.04 Å². The molecule has 0 aromatic heterocycles. The van der Waals surface area contributed by atoms with Crippen LogP contribution in [0.5, 0.6) is 0 Å². The molecule has 0 radical (unpaired) electrons. The Hall–Kier alpha value is -0.0400. The Morgan fingerprint density at radius 2 is 1.37 bits per heavy atom. The number of unbranched alkanes of at least 4 members (excludes halogenated alkanes) is 7. The van der Waals surface area contributed by atoms with Gasteiger partial charge >= 0.3 is 0 Å². The van der Waals surface area contributed by atoms with E-state index in [1.165, 1.54) is 89.9 Å². The van der Waals surface area contributed by atoms with Gasteiger partial charge < -0.3 is 5.73 Å². The highest BCUT2D eigenvalue weighted by Gasteiger charge is 2.32. The molecule has 0 saturated heterocycles. The Balaban J connectivity index is 1.99. The molecule has 0 bridgehead atoms. The summed E-state index contributed by atoms with van der Waals surface area (Å²) in [7, 11) is 0. The summed E-state index contributed by atoms with van der Waals surface area (Å²) in [6.07, 6.45) is 19.5. The molecule has 1 aliphatic rings. The molecule has 1 rings (SSSR count). The van der Waals surface area contributed by atoms with Crippen molar-refractivity contribution in [2.24, 2.45) is 11.1 Å². The average molecular weight is 268 g/mol. The summed E-state index contributed by atoms with van der Waals surface area (Å²) >= 11 is 0. The minimum Gasteiger partial charge on any atom is -0.327 e. The summed E-state index contributed by atoms with van der Waals surface area (Å²) in [6.45, 7) is 4.72. The smallest absolute Gasteiger partial charge is 0.00929 e. The van der Waals surface area contributed by atoms with Crippen LogP contribution in [-0.2, 0) is 0 Å². The van der Waals surface area contributed by atoms with E-state index in [-0.39, 0.29) is 0 Å². The molecule has 1 fully saturated rings. The van der Waals surface area contributed by atoms with Crippen molar-refractivity contribution in [2.45, 2.75) is 110 Å². The SMILES string of the molecule is CCCCCCCCCCC(N)C1(C)CCCCC1. The summed E-state index contributed by atoms with van der Waals surface area (Å²) in [4.78, 5) is 0. The lowest BCUT2D eigenvalue weighted by Gasteiger charge is -2.39. The van der Waals surface area contributed by atoms with E-state index in [9.17, 15) is 0 Å². The third-order valence-electron chi connectivity index (χ3n) is 5.26. The first kappa shape index (κ1) is 17.0. The molecule has 1 atom stereocenters. The molecule has 1 unspecified atom stereocenters. The van der Waals surface area contributed by atoms with E-state index in [0.29, 0.717) is 11.5 Å². The summed E-state index contributed by atoms with van der Waals surface area (Å²) in [6, 6.07) is 0.452. The molecule has 19 heavy (non-hydrogen) atoms. The molecule has 0 aromatic carbocycles. The zero-order chi connectivity index (χ0) is 14.0. The van der Waals surface area contributed by atoms with Gasteiger partial charge in [-0.3, -0.25) is 0 Å². The lowest BCUT2D eigenvalue weighted by molar-refractivity contribution is 0.161. The summed E-state index contributed by atoms with van der Waals surface area (Å²) < 4.78 is 0. The van der Waals surface area contributed by atoms with Crippen LogP contribution in [0.25, 0.3) is 0 Å². The van der Waals surface area contributed by atoms with E-state index >= 15 is 0 Å². The third-order valence-corrected chi connectivity index (χ3v) is 5.26. The molecule has 0 spiro atoms. The second kappa shape index (κ2) is 9.80. The van der Waals surface area contributed by atoms with Crippen molar-refractivity contribution in [1.29, 1.82) is 0 Å². The normalized spacial score (nSPS) is 20.4. The van der Waals surface area contributed by atoms with Crippen LogP contribution in [0.15, 0.2) is 0 Å². The predicted molar refractivity (Wildman–Crippen MR) is 86.4 cm³/mol. The fourth-order valence-corrected chi connectivity index (χ4v) is 3.58. The molecule has 0 heterocycles. The highest BCUT2D eigenvalue weighted by molar-refractivity contribution is 4.87. The van der Waals surface area contributed by atoms with E-state index < -0.39 is 0 Å². The minimum atomic E-state index is 0.452. The Morgan fingerprint density at radius 3 is 1.95 bits per heavy atom. The van der Waals surface area contributed by atoms with Gasteiger partial charge in [-0.2, -0.15) is 0 Å². The zero-order valence-corrected chi connectivity index (χ0v) is 13.6. The van der Waals surface area contributed by atoms with Crippen molar-refractivity contribution in [3.05, 3.63) is 0 Å². The van der Waals surface area contributed by atoms with Crippen molar-refractivity contribution < 1.29 is 0 Å². The van der Waals surface area contributed by atoms with Crippen molar-refractivity contribution in [1.82, 2.24) is 0 Å². The standard InChI is InChI=1S/C18H37N/c1-3-4-5-6-7-8-9-11-14-17(19)18(2)15-12-10-13-16-18/h17H,3-16,19H2,1-2H3. The maximum Gasteiger partial charge on any atom is 0.00929 e. The molecule has 1 heteroatoms. The van der Waals surface area contributed by atoms with Crippen LogP contribution in [0.4, 0.5) is 0 Å². The first-order valence-corrected chi connectivity index (χ1v) is 8.94. The molecular weight excluding hydrogens is 230 g/mol. The molecule has 0 aromatic rings. The molecule has 0 aliphatic heterocycles. The van der Waals surface area contributed by atoms with E-state index in [1.807, 2.05) is 0 Å². The van der Waals surface area contributed by atoms with Gasteiger partial charge in [-0.15, -0.1) is 0 Å². The van der Waals surface area contributed by atoms with Crippen molar-refractivity contribution in [3.8, 4) is 0 Å². The predicted octanol–water partition coefficient (Wildman–Crippen LogP) is 5.81. The number of nitrogens with two attached hydrogens (primary N) is 1. The fraction of sp³-hybridized carbons (Fsp3) is 1.00. The molecule has 1 saturated carbocycles. The average Bonchev–Trinajstić information content (AvgIpc) is 2.42. The molecule has 1 nitrogen and oxygen atoms in total. The van der Waals surface area contributed by atoms with Crippen LogP contribution in [0.1, 0.15) is 104 Å². The number of hydrogen-bond donors (Lipinski definition) is 1. The van der Waals surface area contributed by atoms with Gasteiger partial charge in [0.15, 0.2) is 0 Å². The van der Waals surface area contributed by atoms with Gasteiger partial charge in [0.25, 0.3) is 0 Å².